The van der Waals surface area contributed by atoms with Crippen LogP contribution < -0.4 is 10.6 Å². The topological polar surface area (TPSA) is 115 Å². The van der Waals surface area contributed by atoms with Crippen LogP contribution in [0.2, 0.25) is 5.02 Å². The second-order valence-corrected chi connectivity index (χ2v) is 8.47. The van der Waals surface area contributed by atoms with E-state index < -0.39 is 29.9 Å². The number of nitrogens with one attached hydrogen (secondary N) is 2. The van der Waals surface area contributed by atoms with Crippen LogP contribution in [-0.4, -0.2) is 69.5 Å². The number of urea groups is 1. The lowest BCUT2D eigenvalue weighted by molar-refractivity contribution is -0.119. The van der Waals surface area contributed by atoms with Crippen LogP contribution in [0.15, 0.2) is 36.5 Å². The van der Waals surface area contributed by atoms with Gasteiger partial charge in [-0.25, -0.2) is 14.2 Å². The van der Waals surface area contributed by atoms with Crippen molar-refractivity contribution in [2.24, 2.45) is 0 Å². The molecule has 3 N–H and O–H groups in total. The van der Waals surface area contributed by atoms with Gasteiger partial charge in [-0.1, -0.05) is 11.6 Å². The van der Waals surface area contributed by atoms with Crippen molar-refractivity contribution in [3.8, 4) is 0 Å². The quantitative estimate of drug-likeness (QED) is 0.629. The van der Waals surface area contributed by atoms with Gasteiger partial charge in [0, 0.05) is 37.8 Å². The SMILES string of the molecule is O=C(Nc1ccc(C(=O)N2CCCC2)cc1F)[C@H]1C[C@@H](O)CN1C(=O)Nc1ccc(Cl)cn1. The fourth-order valence-corrected chi connectivity index (χ4v) is 4.10. The first-order valence-corrected chi connectivity index (χ1v) is 11.0. The molecule has 2 atom stereocenters. The Morgan fingerprint density at radius 3 is 2.55 bits per heavy atom. The number of carbonyl (C=O) groups excluding carboxylic acids is 3. The zero-order valence-electron chi connectivity index (χ0n) is 17.6. The number of likely N-dealkylation sites (tertiary alicyclic amines) is 2. The van der Waals surface area contributed by atoms with E-state index in [9.17, 15) is 23.9 Å². The predicted molar refractivity (Wildman–Crippen MR) is 120 cm³/mol. The van der Waals surface area contributed by atoms with Crippen LogP contribution in [0.3, 0.4) is 0 Å². The van der Waals surface area contributed by atoms with Crippen molar-refractivity contribution in [1.29, 1.82) is 0 Å². The van der Waals surface area contributed by atoms with E-state index in [-0.39, 0.29) is 35.9 Å². The summed E-state index contributed by atoms with van der Waals surface area (Å²) in [6.07, 6.45) is 2.30. The summed E-state index contributed by atoms with van der Waals surface area (Å²) in [5.41, 5.74) is 0.0965. The number of hydrogen-bond acceptors (Lipinski definition) is 5. The number of aliphatic hydroxyl groups is 1. The summed E-state index contributed by atoms with van der Waals surface area (Å²) in [6.45, 7) is 1.22. The van der Waals surface area contributed by atoms with Crippen LogP contribution in [0, 0.1) is 5.82 Å². The number of rotatable bonds is 4. The zero-order valence-corrected chi connectivity index (χ0v) is 18.4. The molecule has 2 saturated heterocycles. The molecule has 2 aliphatic rings. The summed E-state index contributed by atoms with van der Waals surface area (Å²) in [7, 11) is 0. The molecule has 9 nitrogen and oxygen atoms in total. The number of hydrogen-bond donors (Lipinski definition) is 3. The van der Waals surface area contributed by atoms with Gasteiger partial charge in [-0.05, 0) is 43.2 Å². The first-order chi connectivity index (χ1) is 15.8. The average Bonchev–Trinajstić information content (AvgIpc) is 3.46. The smallest absolute Gasteiger partial charge is 0.323 e. The number of carbonyl (C=O) groups is 3. The number of amides is 4. The number of aromatic nitrogens is 1. The van der Waals surface area contributed by atoms with E-state index in [4.69, 9.17) is 11.6 Å². The molecule has 0 saturated carbocycles. The highest BCUT2D eigenvalue weighted by Crippen LogP contribution is 2.24. The Morgan fingerprint density at radius 2 is 1.88 bits per heavy atom. The standard InChI is InChI=1S/C22H23ClFN5O4/c23-14-4-6-19(25-11-14)27-22(33)29-12-15(30)10-18(29)20(31)26-17-5-3-13(9-16(17)24)21(32)28-7-1-2-8-28/h3-6,9,11,15,18,30H,1-2,7-8,10,12H2,(H,26,31)(H,25,27,33)/t15-,18-/m1/s1. The third kappa shape index (κ3) is 5.23. The van der Waals surface area contributed by atoms with Crippen molar-refractivity contribution in [2.75, 3.05) is 30.3 Å². The van der Waals surface area contributed by atoms with Gasteiger partial charge in [0.2, 0.25) is 5.91 Å². The minimum Gasteiger partial charge on any atom is -0.391 e. The molecular weight excluding hydrogens is 453 g/mol. The fraction of sp³-hybridized carbons (Fsp3) is 0.364. The number of benzene rings is 1. The predicted octanol–water partition coefficient (Wildman–Crippen LogP) is 2.72. The normalized spacial score (nSPS) is 20.1. The highest BCUT2D eigenvalue weighted by atomic mass is 35.5. The summed E-state index contributed by atoms with van der Waals surface area (Å²) in [5, 5.41) is 15.4. The number of nitrogens with zero attached hydrogens (tertiary/aromatic N) is 3. The van der Waals surface area contributed by atoms with Crippen molar-refractivity contribution >= 4 is 41.0 Å². The third-order valence-corrected chi connectivity index (χ3v) is 5.90. The molecule has 0 unspecified atom stereocenters. The first-order valence-electron chi connectivity index (χ1n) is 10.6. The molecule has 0 radical (unpaired) electrons. The number of aliphatic hydroxyl groups excluding tert-OH is 1. The summed E-state index contributed by atoms with van der Waals surface area (Å²) >= 11 is 5.79. The molecule has 33 heavy (non-hydrogen) atoms. The van der Waals surface area contributed by atoms with Crippen LogP contribution in [0.4, 0.5) is 20.7 Å². The van der Waals surface area contributed by atoms with Gasteiger partial charge in [-0.2, -0.15) is 0 Å². The lowest BCUT2D eigenvalue weighted by Crippen LogP contribution is -2.45. The van der Waals surface area contributed by atoms with E-state index in [1.54, 1.807) is 11.0 Å². The Kier molecular flexibility index (Phi) is 6.75. The van der Waals surface area contributed by atoms with Gasteiger partial charge in [-0.3, -0.25) is 14.9 Å². The van der Waals surface area contributed by atoms with Crippen molar-refractivity contribution in [2.45, 2.75) is 31.4 Å². The maximum absolute atomic E-state index is 14.7. The first kappa shape index (κ1) is 22.9. The van der Waals surface area contributed by atoms with Crippen LogP contribution in [0.5, 0.6) is 0 Å². The lowest BCUT2D eigenvalue weighted by atomic mass is 10.1. The fourth-order valence-electron chi connectivity index (χ4n) is 3.99. The molecule has 2 aromatic rings. The molecule has 1 aromatic heterocycles. The number of halogens is 2. The Bertz CT molecular complexity index is 1060. The van der Waals surface area contributed by atoms with Crippen LogP contribution >= 0.6 is 11.6 Å². The summed E-state index contributed by atoms with van der Waals surface area (Å²) in [5.74, 6) is -1.42. The van der Waals surface area contributed by atoms with Crippen molar-refractivity contribution in [3.63, 3.8) is 0 Å². The van der Waals surface area contributed by atoms with Gasteiger partial charge in [0.25, 0.3) is 5.91 Å². The minimum atomic E-state index is -1.02. The lowest BCUT2D eigenvalue weighted by Gasteiger charge is -2.24. The number of anilines is 2. The molecule has 0 aliphatic carbocycles. The summed E-state index contributed by atoms with van der Waals surface area (Å²) in [6, 6.07) is 5.28. The largest absolute Gasteiger partial charge is 0.391 e. The second-order valence-electron chi connectivity index (χ2n) is 8.03. The molecule has 4 amide bonds. The number of β-amino-alcohol motifs (C(OH)–C–C–N with tert-alkyl or cyclic N) is 1. The van der Waals surface area contributed by atoms with E-state index in [1.807, 2.05) is 0 Å². The van der Waals surface area contributed by atoms with Crippen molar-refractivity contribution in [3.05, 3.63) is 52.9 Å². The maximum Gasteiger partial charge on any atom is 0.323 e. The third-order valence-electron chi connectivity index (χ3n) is 5.67. The molecule has 0 bridgehead atoms. The molecule has 2 aliphatic heterocycles. The van der Waals surface area contributed by atoms with Crippen LogP contribution in [-0.2, 0) is 4.79 Å². The molecule has 2 fully saturated rings. The maximum atomic E-state index is 14.7. The average molecular weight is 476 g/mol. The summed E-state index contributed by atoms with van der Waals surface area (Å²) in [4.78, 5) is 44.7. The molecule has 0 spiro atoms. The van der Waals surface area contributed by atoms with E-state index in [0.29, 0.717) is 18.1 Å². The molecule has 11 heteroatoms. The molecular formula is C22H23ClFN5O4. The molecule has 4 rings (SSSR count). The van der Waals surface area contributed by atoms with Gasteiger partial charge in [0.15, 0.2) is 0 Å². The van der Waals surface area contributed by atoms with E-state index >= 15 is 0 Å². The van der Waals surface area contributed by atoms with Crippen molar-refractivity contribution < 1.29 is 23.9 Å². The van der Waals surface area contributed by atoms with E-state index in [0.717, 1.165) is 18.9 Å². The summed E-state index contributed by atoms with van der Waals surface area (Å²) < 4.78 is 14.7. The Balaban J connectivity index is 1.43. The molecule has 1 aromatic carbocycles. The van der Waals surface area contributed by atoms with Gasteiger partial charge < -0.3 is 20.2 Å². The zero-order chi connectivity index (χ0) is 23.5. The van der Waals surface area contributed by atoms with Crippen LogP contribution in [0.25, 0.3) is 0 Å². The highest BCUT2D eigenvalue weighted by molar-refractivity contribution is 6.30. The van der Waals surface area contributed by atoms with E-state index in [1.165, 1.54) is 29.3 Å². The highest BCUT2D eigenvalue weighted by Gasteiger charge is 2.39. The van der Waals surface area contributed by atoms with Crippen molar-refractivity contribution in [1.82, 2.24) is 14.8 Å². The van der Waals surface area contributed by atoms with Gasteiger partial charge >= 0.3 is 6.03 Å². The molecule has 174 valence electrons. The second kappa shape index (κ2) is 9.72. The van der Waals surface area contributed by atoms with Gasteiger partial charge in [0.05, 0.1) is 16.8 Å². The minimum absolute atomic E-state index is 0.000445. The van der Waals surface area contributed by atoms with Gasteiger partial charge in [-0.15, -0.1) is 0 Å². The Labute approximate surface area is 194 Å². The van der Waals surface area contributed by atoms with E-state index in [2.05, 4.69) is 15.6 Å². The molecule has 3 heterocycles. The Morgan fingerprint density at radius 1 is 1.12 bits per heavy atom. The van der Waals surface area contributed by atoms with Gasteiger partial charge in [0.1, 0.15) is 17.7 Å². The Hall–Kier alpha value is -3.24. The monoisotopic (exact) mass is 475 g/mol. The number of pyridine rings is 1. The van der Waals surface area contributed by atoms with Crippen LogP contribution in [0.1, 0.15) is 29.6 Å².